The van der Waals surface area contributed by atoms with Crippen molar-refractivity contribution >= 4 is 17.0 Å². The first kappa shape index (κ1) is 26.1. The molecule has 2 aliphatic rings. The Labute approximate surface area is 212 Å². The molecule has 0 saturated carbocycles. The molecule has 1 amide bonds. The van der Waals surface area contributed by atoms with Crippen molar-refractivity contribution in [3.05, 3.63) is 47.6 Å². The number of hydrogen-bond acceptors (Lipinski definition) is 8. The highest BCUT2D eigenvalue weighted by Gasteiger charge is 2.46. The number of nitrogens with zero attached hydrogens (tertiary/aromatic N) is 3. The Morgan fingerprint density at radius 3 is 2.50 bits per heavy atom. The van der Waals surface area contributed by atoms with Gasteiger partial charge in [-0.15, -0.1) is 0 Å². The molecule has 0 spiro atoms. The molecular formula is C24H23F5N4O5. The molecule has 0 bridgehead atoms. The molecule has 0 radical (unpaired) electrons. The Hall–Kier alpha value is -3.52. The van der Waals surface area contributed by atoms with Gasteiger partial charge in [0.2, 0.25) is 11.5 Å². The SMILES string of the molecule is O=C(NC(CN1CCCC1)C(O)c1ccc2c(c1)OCCO2)C(F)(F)c1cc2cnc(C(F)(F)F)nc2o1. The lowest BCUT2D eigenvalue weighted by atomic mass is 10.0. The van der Waals surface area contributed by atoms with Gasteiger partial charge in [0.05, 0.1) is 11.4 Å². The van der Waals surface area contributed by atoms with Crippen LogP contribution in [0.2, 0.25) is 0 Å². The molecule has 3 aromatic rings. The maximum atomic E-state index is 15.2. The maximum absolute atomic E-state index is 15.2. The standard InChI is InChI=1S/C24H23F5N4O5/c25-23(26,18-10-14-11-30-21(24(27,28)29)32-20(14)38-18)22(35)31-15(12-33-5-1-2-6-33)19(34)13-3-4-16-17(9-13)37-8-7-36-16/h3-4,9-11,15,19,34H,1-2,5-8,12H2,(H,31,35). The Morgan fingerprint density at radius 2 is 1.79 bits per heavy atom. The van der Waals surface area contributed by atoms with Crippen molar-refractivity contribution in [3.8, 4) is 11.5 Å². The maximum Gasteiger partial charge on any atom is 0.451 e. The monoisotopic (exact) mass is 542 g/mol. The van der Waals surface area contributed by atoms with E-state index in [4.69, 9.17) is 13.9 Å². The zero-order valence-corrected chi connectivity index (χ0v) is 19.8. The third-order valence-electron chi connectivity index (χ3n) is 6.38. The van der Waals surface area contributed by atoms with Crippen LogP contribution in [0.4, 0.5) is 22.0 Å². The fourth-order valence-corrected chi connectivity index (χ4v) is 4.44. The van der Waals surface area contributed by atoms with Gasteiger partial charge in [-0.3, -0.25) is 4.79 Å². The smallest absolute Gasteiger partial charge is 0.451 e. The number of benzene rings is 1. The second-order valence-corrected chi connectivity index (χ2v) is 9.07. The molecule has 0 aliphatic carbocycles. The number of likely N-dealkylation sites (tertiary alicyclic amines) is 1. The largest absolute Gasteiger partial charge is 0.486 e. The molecule has 204 valence electrons. The van der Waals surface area contributed by atoms with Crippen LogP contribution in [-0.2, 0) is 16.9 Å². The Bertz CT molecular complexity index is 1330. The molecule has 1 aromatic carbocycles. The molecule has 2 N–H and O–H groups in total. The van der Waals surface area contributed by atoms with Gasteiger partial charge in [-0.2, -0.15) is 26.9 Å². The summed E-state index contributed by atoms with van der Waals surface area (Å²) < 4.78 is 84.9. The summed E-state index contributed by atoms with van der Waals surface area (Å²) in [5.74, 6) is -7.98. The number of carbonyl (C=O) groups is 1. The minimum atomic E-state index is -4.91. The first-order chi connectivity index (χ1) is 18.0. The Kier molecular flexibility index (Phi) is 6.86. The van der Waals surface area contributed by atoms with Crippen molar-refractivity contribution in [2.75, 3.05) is 32.8 Å². The number of nitrogens with one attached hydrogen (secondary N) is 1. The van der Waals surface area contributed by atoms with Crippen LogP contribution in [0.1, 0.15) is 36.1 Å². The van der Waals surface area contributed by atoms with E-state index in [0.29, 0.717) is 55.6 Å². The molecule has 4 heterocycles. The van der Waals surface area contributed by atoms with Gasteiger partial charge in [0.15, 0.2) is 17.3 Å². The number of carbonyl (C=O) groups excluding carboxylic acids is 1. The number of aliphatic hydroxyl groups is 1. The van der Waals surface area contributed by atoms with Crippen LogP contribution in [0, 0.1) is 0 Å². The van der Waals surface area contributed by atoms with Crippen molar-refractivity contribution in [2.24, 2.45) is 0 Å². The highest BCUT2D eigenvalue weighted by atomic mass is 19.4. The number of hydrogen-bond donors (Lipinski definition) is 2. The highest BCUT2D eigenvalue weighted by molar-refractivity contribution is 5.86. The van der Waals surface area contributed by atoms with E-state index < -0.39 is 47.4 Å². The molecule has 2 aromatic heterocycles. The predicted molar refractivity (Wildman–Crippen MR) is 121 cm³/mol. The van der Waals surface area contributed by atoms with E-state index in [0.717, 1.165) is 12.8 Å². The predicted octanol–water partition coefficient (Wildman–Crippen LogP) is 3.42. The van der Waals surface area contributed by atoms with Crippen LogP contribution in [0.3, 0.4) is 0 Å². The lowest BCUT2D eigenvalue weighted by Gasteiger charge is -2.30. The van der Waals surface area contributed by atoms with Crippen LogP contribution in [0.25, 0.3) is 11.1 Å². The topological polar surface area (TPSA) is 110 Å². The summed E-state index contributed by atoms with van der Waals surface area (Å²) >= 11 is 0. The second-order valence-electron chi connectivity index (χ2n) is 9.07. The van der Waals surface area contributed by atoms with Gasteiger partial charge >= 0.3 is 12.1 Å². The van der Waals surface area contributed by atoms with Gasteiger partial charge in [0.1, 0.15) is 19.3 Å². The number of halogens is 5. The quantitative estimate of drug-likeness (QED) is 0.438. The number of aromatic nitrogens is 2. The molecule has 14 heteroatoms. The van der Waals surface area contributed by atoms with Crippen LogP contribution >= 0.6 is 0 Å². The minimum absolute atomic E-state index is 0.0813. The van der Waals surface area contributed by atoms with Crippen LogP contribution in [0.5, 0.6) is 11.5 Å². The Balaban J connectivity index is 1.39. The van der Waals surface area contributed by atoms with E-state index in [1.807, 2.05) is 4.90 Å². The first-order valence-corrected chi connectivity index (χ1v) is 11.9. The van der Waals surface area contributed by atoms with Crippen LogP contribution in [0.15, 0.2) is 34.9 Å². The van der Waals surface area contributed by atoms with Gasteiger partial charge in [-0.1, -0.05) is 6.07 Å². The third kappa shape index (κ3) is 5.23. The number of alkyl halides is 5. The fraction of sp³-hybridized carbons (Fsp3) is 0.458. The number of fused-ring (bicyclic) bond motifs is 2. The van der Waals surface area contributed by atoms with E-state index in [9.17, 15) is 23.1 Å². The zero-order valence-electron chi connectivity index (χ0n) is 19.8. The van der Waals surface area contributed by atoms with Gasteiger partial charge in [-0.25, -0.2) is 4.98 Å². The molecule has 2 aliphatic heterocycles. The fourth-order valence-electron chi connectivity index (χ4n) is 4.44. The van der Waals surface area contributed by atoms with Gasteiger partial charge in [-0.05, 0) is 49.7 Å². The summed E-state index contributed by atoms with van der Waals surface area (Å²) in [5, 5.41) is 13.1. The molecule has 38 heavy (non-hydrogen) atoms. The first-order valence-electron chi connectivity index (χ1n) is 11.9. The molecular weight excluding hydrogens is 519 g/mol. The van der Waals surface area contributed by atoms with Crippen molar-refractivity contribution in [3.63, 3.8) is 0 Å². The van der Waals surface area contributed by atoms with Gasteiger partial charge < -0.3 is 29.2 Å². The number of aliphatic hydroxyl groups excluding tert-OH is 1. The summed E-state index contributed by atoms with van der Waals surface area (Å²) in [5.41, 5.74) is -0.416. The summed E-state index contributed by atoms with van der Waals surface area (Å²) in [4.78, 5) is 21.0. The summed E-state index contributed by atoms with van der Waals surface area (Å²) in [7, 11) is 0. The Morgan fingerprint density at radius 1 is 1.08 bits per heavy atom. The summed E-state index contributed by atoms with van der Waals surface area (Å²) in [6, 6.07) is 4.21. The number of rotatable bonds is 7. The van der Waals surface area contributed by atoms with E-state index in [-0.39, 0.29) is 11.9 Å². The molecule has 1 fully saturated rings. The minimum Gasteiger partial charge on any atom is -0.486 e. The molecule has 2 atom stereocenters. The number of ether oxygens (including phenoxy) is 2. The summed E-state index contributed by atoms with van der Waals surface area (Å²) in [6.07, 6.45) is -3.84. The van der Waals surface area contributed by atoms with E-state index in [2.05, 4.69) is 15.3 Å². The molecule has 1 saturated heterocycles. The lowest BCUT2D eigenvalue weighted by Crippen LogP contribution is -2.50. The molecule has 2 unspecified atom stereocenters. The molecule has 9 nitrogen and oxygen atoms in total. The van der Waals surface area contributed by atoms with Gasteiger partial charge in [0, 0.05) is 12.7 Å². The van der Waals surface area contributed by atoms with Gasteiger partial charge in [0.25, 0.3) is 5.91 Å². The van der Waals surface area contributed by atoms with Crippen molar-refractivity contribution in [2.45, 2.75) is 37.1 Å². The lowest BCUT2D eigenvalue weighted by molar-refractivity contribution is -0.151. The number of amides is 1. The normalized spacial score (nSPS) is 17.9. The van der Waals surface area contributed by atoms with E-state index in [1.54, 1.807) is 12.1 Å². The zero-order chi connectivity index (χ0) is 27.1. The summed E-state index contributed by atoms with van der Waals surface area (Å²) in [6.45, 7) is 2.08. The van der Waals surface area contributed by atoms with Crippen molar-refractivity contribution in [1.82, 2.24) is 20.2 Å². The highest BCUT2D eigenvalue weighted by Crippen LogP contribution is 2.36. The van der Waals surface area contributed by atoms with E-state index >= 15 is 8.78 Å². The second kappa shape index (κ2) is 9.98. The van der Waals surface area contributed by atoms with Crippen LogP contribution < -0.4 is 14.8 Å². The molecule has 5 rings (SSSR count). The van der Waals surface area contributed by atoms with Crippen molar-refractivity contribution < 1.29 is 45.7 Å². The van der Waals surface area contributed by atoms with E-state index in [1.165, 1.54) is 6.07 Å². The van der Waals surface area contributed by atoms with Crippen LogP contribution in [-0.4, -0.2) is 64.8 Å². The average molecular weight is 542 g/mol. The van der Waals surface area contributed by atoms with Crippen molar-refractivity contribution in [1.29, 1.82) is 0 Å². The number of furan rings is 1. The third-order valence-corrected chi connectivity index (χ3v) is 6.38. The average Bonchev–Trinajstić information content (AvgIpc) is 3.56.